The van der Waals surface area contributed by atoms with Gasteiger partial charge in [0.2, 0.25) is 15.3 Å². The zero-order valence-corrected chi connectivity index (χ0v) is 12.6. The highest BCUT2D eigenvalue weighted by molar-refractivity contribution is 7.92. The number of oxime groups is 1. The molecular formula is C15H12N2O5S. The lowest BCUT2D eigenvalue weighted by Crippen LogP contribution is -2.21. The fourth-order valence-corrected chi connectivity index (χ4v) is 3.63. The summed E-state index contributed by atoms with van der Waals surface area (Å²) in [5.74, 6) is 0. The van der Waals surface area contributed by atoms with Gasteiger partial charge in [0, 0.05) is 24.1 Å². The molecule has 118 valence electrons. The summed E-state index contributed by atoms with van der Waals surface area (Å²) in [4.78, 5) is 15.5. The van der Waals surface area contributed by atoms with Crippen LogP contribution in [0.1, 0.15) is 12.0 Å². The normalized spacial score (nSPS) is 17.4. The van der Waals surface area contributed by atoms with E-state index in [1.165, 1.54) is 30.3 Å². The molecule has 0 spiro atoms. The van der Waals surface area contributed by atoms with Gasteiger partial charge in [0.25, 0.3) is 5.69 Å². The molecule has 8 heteroatoms. The third kappa shape index (κ3) is 2.93. The molecule has 0 aliphatic carbocycles. The van der Waals surface area contributed by atoms with Crippen LogP contribution in [0, 0.1) is 10.1 Å². The molecule has 2 aromatic rings. The molecule has 0 fully saturated rings. The number of nitrogens with zero attached hydrogens (tertiary/aromatic N) is 2. The Morgan fingerprint density at radius 1 is 1.13 bits per heavy atom. The molecule has 0 radical (unpaired) electrons. The van der Waals surface area contributed by atoms with E-state index in [4.69, 9.17) is 4.84 Å². The van der Waals surface area contributed by atoms with Crippen LogP contribution in [-0.2, 0) is 14.7 Å². The van der Waals surface area contributed by atoms with E-state index in [0.717, 1.165) is 0 Å². The van der Waals surface area contributed by atoms with Gasteiger partial charge in [0.15, 0.2) is 0 Å². The van der Waals surface area contributed by atoms with Gasteiger partial charge in [-0.2, -0.15) is 0 Å². The second-order valence-corrected chi connectivity index (χ2v) is 7.03. The smallest absolute Gasteiger partial charge is 0.270 e. The first-order valence-electron chi connectivity index (χ1n) is 6.75. The molecule has 1 heterocycles. The summed E-state index contributed by atoms with van der Waals surface area (Å²) in [7, 11) is -3.68. The Morgan fingerprint density at radius 2 is 1.87 bits per heavy atom. The third-order valence-corrected chi connectivity index (χ3v) is 5.32. The van der Waals surface area contributed by atoms with Crippen LogP contribution in [0.15, 0.2) is 64.6 Å². The lowest BCUT2D eigenvalue weighted by molar-refractivity contribution is -0.384. The molecule has 0 N–H and O–H groups in total. The third-order valence-electron chi connectivity index (χ3n) is 3.45. The number of hydrogen-bond acceptors (Lipinski definition) is 6. The van der Waals surface area contributed by atoms with Crippen molar-refractivity contribution < 1.29 is 18.2 Å². The Hall–Kier alpha value is -2.74. The first-order chi connectivity index (χ1) is 11.0. The molecule has 0 unspecified atom stereocenters. The van der Waals surface area contributed by atoms with E-state index in [0.29, 0.717) is 11.3 Å². The van der Waals surface area contributed by atoms with Gasteiger partial charge in [-0.05, 0) is 12.1 Å². The molecule has 3 rings (SSSR count). The summed E-state index contributed by atoms with van der Waals surface area (Å²) in [6.07, 6.45) is 0.0401. The molecule has 0 amide bonds. The highest BCUT2D eigenvalue weighted by atomic mass is 32.2. The predicted molar refractivity (Wildman–Crippen MR) is 82.8 cm³/mol. The van der Waals surface area contributed by atoms with E-state index in [1.54, 1.807) is 24.3 Å². The van der Waals surface area contributed by atoms with E-state index < -0.39 is 20.2 Å². The molecular weight excluding hydrogens is 320 g/mol. The second-order valence-electron chi connectivity index (χ2n) is 4.94. The Morgan fingerprint density at radius 3 is 2.57 bits per heavy atom. The molecule has 0 bridgehead atoms. The molecule has 1 aliphatic rings. The van der Waals surface area contributed by atoms with Crippen LogP contribution in [0.2, 0.25) is 0 Å². The average Bonchev–Trinajstić information content (AvgIpc) is 3.06. The largest absolute Gasteiger partial charge is 0.375 e. The van der Waals surface area contributed by atoms with Crippen LogP contribution in [0.4, 0.5) is 5.69 Å². The SMILES string of the molecule is O=[N+]([O-])c1cccc(C2=NO[C@H](S(=O)(=O)c3ccccc3)C2)c1. The van der Waals surface area contributed by atoms with Crippen molar-refractivity contribution in [3.8, 4) is 0 Å². The number of nitro benzene ring substituents is 1. The van der Waals surface area contributed by atoms with Crippen molar-refractivity contribution in [1.29, 1.82) is 0 Å². The Bertz CT molecular complexity index is 878. The fourth-order valence-electron chi connectivity index (χ4n) is 2.25. The van der Waals surface area contributed by atoms with Crippen molar-refractivity contribution in [2.45, 2.75) is 16.8 Å². The summed E-state index contributed by atoms with van der Waals surface area (Å²) in [6.45, 7) is 0. The topological polar surface area (TPSA) is 98.9 Å². The highest BCUT2D eigenvalue weighted by Crippen LogP contribution is 2.27. The van der Waals surface area contributed by atoms with Crippen molar-refractivity contribution >= 4 is 21.2 Å². The summed E-state index contributed by atoms with van der Waals surface area (Å²) >= 11 is 0. The van der Waals surface area contributed by atoms with Gasteiger partial charge in [0.1, 0.15) is 0 Å². The monoisotopic (exact) mass is 332 g/mol. The predicted octanol–water partition coefficient (Wildman–Crippen LogP) is 2.52. The number of hydrogen-bond donors (Lipinski definition) is 0. The van der Waals surface area contributed by atoms with E-state index in [-0.39, 0.29) is 17.0 Å². The van der Waals surface area contributed by atoms with Crippen molar-refractivity contribution in [3.63, 3.8) is 0 Å². The molecule has 7 nitrogen and oxygen atoms in total. The van der Waals surface area contributed by atoms with Gasteiger partial charge in [-0.25, -0.2) is 8.42 Å². The highest BCUT2D eigenvalue weighted by Gasteiger charge is 2.35. The summed E-state index contributed by atoms with van der Waals surface area (Å²) in [6, 6.07) is 13.8. The maximum absolute atomic E-state index is 12.5. The minimum Gasteiger partial charge on any atom is -0.375 e. The van der Waals surface area contributed by atoms with Crippen LogP contribution in [0.3, 0.4) is 0 Å². The number of nitro groups is 1. The first-order valence-corrected chi connectivity index (χ1v) is 8.29. The van der Waals surface area contributed by atoms with E-state index >= 15 is 0 Å². The molecule has 23 heavy (non-hydrogen) atoms. The quantitative estimate of drug-likeness (QED) is 0.633. The molecule has 1 aliphatic heterocycles. The van der Waals surface area contributed by atoms with Crippen LogP contribution >= 0.6 is 0 Å². The van der Waals surface area contributed by atoms with E-state index in [2.05, 4.69) is 5.16 Å². The minimum atomic E-state index is -3.68. The fraction of sp³-hybridized carbons (Fsp3) is 0.133. The Kier molecular flexibility index (Phi) is 3.83. The van der Waals surface area contributed by atoms with Gasteiger partial charge in [-0.1, -0.05) is 35.5 Å². The van der Waals surface area contributed by atoms with Gasteiger partial charge < -0.3 is 4.84 Å². The first kappa shape index (κ1) is 15.2. The van der Waals surface area contributed by atoms with Gasteiger partial charge in [-0.15, -0.1) is 0 Å². The lowest BCUT2D eigenvalue weighted by Gasteiger charge is -2.09. The van der Waals surface area contributed by atoms with Gasteiger partial charge in [0.05, 0.1) is 15.5 Å². The van der Waals surface area contributed by atoms with Crippen molar-refractivity contribution in [2.24, 2.45) is 5.16 Å². The molecule has 0 aromatic heterocycles. The minimum absolute atomic E-state index is 0.0401. The molecule has 2 aromatic carbocycles. The van der Waals surface area contributed by atoms with Gasteiger partial charge in [-0.3, -0.25) is 10.1 Å². The number of sulfone groups is 1. The zero-order valence-electron chi connectivity index (χ0n) is 11.8. The van der Waals surface area contributed by atoms with Gasteiger partial charge >= 0.3 is 0 Å². The molecule has 0 saturated heterocycles. The molecule has 0 saturated carbocycles. The number of non-ortho nitro benzene ring substituents is 1. The maximum Gasteiger partial charge on any atom is 0.270 e. The van der Waals surface area contributed by atoms with Crippen molar-refractivity contribution in [2.75, 3.05) is 0 Å². The summed E-state index contributed by atoms with van der Waals surface area (Å²) in [5.41, 5.74) is -0.359. The number of benzene rings is 2. The van der Waals surface area contributed by atoms with Crippen LogP contribution in [0.5, 0.6) is 0 Å². The van der Waals surface area contributed by atoms with Crippen LogP contribution < -0.4 is 0 Å². The number of rotatable bonds is 4. The zero-order chi connectivity index (χ0) is 16.4. The van der Waals surface area contributed by atoms with Crippen molar-refractivity contribution in [1.82, 2.24) is 0 Å². The average molecular weight is 332 g/mol. The van der Waals surface area contributed by atoms with E-state index in [1.807, 2.05) is 0 Å². The Labute approximate surface area is 132 Å². The standard InChI is InChI=1S/C15H12N2O5S/c18-17(19)12-6-4-5-11(9-12)14-10-15(22-16-14)23(20,21)13-7-2-1-3-8-13/h1-9,15H,10H2/t15-/m1/s1. The second kappa shape index (κ2) is 5.81. The summed E-state index contributed by atoms with van der Waals surface area (Å²) in [5, 5.41) is 14.6. The molecule has 1 atom stereocenters. The Balaban J connectivity index is 1.83. The van der Waals surface area contributed by atoms with Crippen molar-refractivity contribution in [3.05, 3.63) is 70.3 Å². The van der Waals surface area contributed by atoms with Crippen LogP contribution in [0.25, 0.3) is 0 Å². The van der Waals surface area contributed by atoms with Crippen LogP contribution in [-0.4, -0.2) is 24.5 Å². The maximum atomic E-state index is 12.5. The van der Waals surface area contributed by atoms with E-state index in [9.17, 15) is 18.5 Å². The lowest BCUT2D eigenvalue weighted by atomic mass is 10.1. The summed E-state index contributed by atoms with van der Waals surface area (Å²) < 4.78 is 25.0.